The summed E-state index contributed by atoms with van der Waals surface area (Å²) in [5.41, 5.74) is 5.29. The van der Waals surface area contributed by atoms with Crippen molar-refractivity contribution < 1.29 is 9.59 Å². The van der Waals surface area contributed by atoms with Crippen LogP contribution in [-0.4, -0.2) is 62.4 Å². The maximum Gasteiger partial charge on any atom is 0.239 e. The number of hydrogen-bond acceptors (Lipinski definition) is 4. The summed E-state index contributed by atoms with van der Waals surface area (Å²) in [6, 6.07) is 0. The highest BCUT2D eigenvalue weighted by Crippen LogP contribution is 1.97. The van der Waals surface area contributed by atoms with Gasteiger partial charge in [0.05, 0.1) is 6.54 Å². The molecule has 8 heteroatoms. The average molecular weight is 527 g/mol. The van der Waals surface area contributed by atoms with Crippen LogP contribution in [0.25, 0.3) is 0 Å². The van der Waals surface area contributed by atoms with Crippen LogP contribution >= 0.6 is 0 Å². The van der Waals surface area contributed by atoms with E-state index in [0.717, 1.165) is 44.9 Å². The molecule has 0 rings (SSSR count). The Balaban J connectivity index is 3.58. The average Bonchev–Trinajstić information content (AvgIpc) is 2.89. The molecule has 38 heavy (non-hydrogen) atoms. The van der Waals surface area contributed by atoms with Crippen molar-refractivity contribution in [3.8, 4) is 0 Å². The molecule has 0 saturated carbocycles. The van der Waals surface area contributed by atoms with E-state index in [9.17, 15) is 9.59 Å². The number of allylic oxidation sites excluding steroid dienone is 12. The lowest BCUT2D eigenvalue weighted by molar-refractivity contribution is -0.121. The molecule has 0 aliphatic heterocycles. The Hall–Kier alpha value is -3.39. The second kappa shape index (κ2) is 26.7. The molecule has 0 radical (unpaired) electrons. The fraction of sp³-hybridized carbons (Fsp3) is 0.500. The molecule has 0 aromatic heterocycles. The Morgan fingerprint density at radius 1 is 0.684 bits per heavy atom. The topological polar surface area (TPSA) is 123 Å². The summed E-state index contributed by atoms with van der Waals surface area (Å²) in [6.45, 7) is 4.46. The molecule has 0 saturated heterocycles. The number of rotatable bonds is 22. The molecule has 0 aromatic carbocycles. The van der Waals surface area contributed by atoms with Crippen LogP contribution in [0.3, 0.4) is 0 Å². The zero-order valence-electron chi connectivity index (χ0n) is 23.5. The lowest BCUT2D eigenvalue weighted by Gasteiger charge is -2.15. The third kappa shape index (κ3) is 25.7. The first-order chi connectivity index (χ1) is 18.5. The van der Waals surface area contributed by atoms with E-state index in [1.165, 1.54) is 4.90 Å². The first-order valence-electron chi connectivity index (χ1n) is 13.7. The number of likely N-dealkylation sites (N-methyl/N-ethyl adjacent to an activating group) is 1. The summed E-state index contributed by atoms with van der Waals surface area (Å²) in [5, 5.41) is 16.0. The van der Waals surface area contributed by atoms with Crippen LogP contribution in [0.15, 0.2) is 72.9 Å². The zero-order valence-corrected chi connectivity index (χ0v) is 23.5. The number of amides is 2. The van der Waals surface area contributed by atoms with E-state index < -0.39 is 0 Å². The van der Waals surface area contributed by atoms with Gasteiger partial charge in [0.15, 0.2) is 5.96 Å². The van der Waals surface area contributed by atoms with Crippen molar-refractivity contribution in [1.29, 1.82) is 5.41 Å². The molecule has 0 unspecified atom stereocenters. The van der Waals surface area contributed by atoms with Gasteiger partial charge in [0, 0.05) is 39.6 Å². The maximum atomic E-state index is 11.9. The zero-order chi connectivity index (χ0) is 28.1. The highest BCUT2D eigenvalue weighted by atomic mass is 16.2. The van der Waals surface area contributed by atoms with E-state index in [2.05, 4.69) is 89.7 Å². The molecule has 0 aromatic rings. The lowest BCUT2D eigenvalue weighted by atomic mass is 10.2. The van der Waals surface area contributed by atoms with E-state index in [1.807, 2.05) is 6.08 Å². The van der Waals surface area contributed by atoms with E-state index in [1.54, 1.807) is 7.05 Å². The molecule has 0 bridgehead atoms. The molecule has 0 spiro atoms. The third-order valence-corrected chi connectivity index (χ3v) is 5.17. The fourth-order valence-corrected chi connectivity index (χ4v) is 3.00. The monoisotopic (exact) mass is 526 g/mol. The number of nitrogens with two attached hydrogens (primary N) is 1. The highest BCUT2D eigenvalue weighted by molar-refractivity contribution is 5.84. The molecule has 0 atom stereocenters. The van der Waals surface area contributed by atoms with Crippen molar-refractivity contribution in [2.45, 2.75) is 58.3 Å². The Kier molecular flexibility index (Phi) is 24.3. The van der Waals surface area contributed by atoms with Crippen LogP contribution in [0.2, 0.25) is 0 Å². The van der Waals surface area contributed by atoms with Crippen molar-refractivity contribution in [2.75, 3.05) is 39.8 Å². The van der Waals surface area contributed by atoms with Crippen LogP contribution in [0.1, 0.15) is 58.3 Å². The largest absolute Gasteiger partial charge is 0.370 e. The first-order valence-corrected chi connectivity index (χ1v) is 13.7. The van der Waals surface area contributed by atoms with Crippen LogP contribution in [0.4, 0.5) is 0 Å². The second-order valence-corrected chi connectivity index (χ2v) is 8.65. The van der Waals surface area contributed by atoms with Crippen molar-refractivity contribution in [3.63, 3.8) is 0 Å². The van der Waals surface area contributed by atoms with Crippen molar-refractivity contribution >= 4 is 17.8 Å². The Morgan fingerprint density at radius 3 is 1.55 bits per heavy atom. The summed E-state index contributed by atoms with van der Waals surface area (Å²) in [7, 11) is 1.59. The normalized spacial score (nSPS) is 12.2. The SMILES string of the molecule is CCC=CCC=CCC=CCC=CCC=CCC=CCCC(=O)NCCNCCNC(=O)CN(C)C(=N)N. The number of nitrogens with one attached hydrogen (secondary N) is 4. The second-order valence-electron chi connectivity index (χ2n) is 8.65. The molecular weight excluding hydrogens is 476 g/mol. The Bertz CT molecular complexity index is 812. The minimum atomic E-state index is -0.188. The molecule has 0 aliphatic carbocycles. The van der Waals surface area contributed by atoms with Crippen LogP contribution in [0, 0.1) is 5.41 Å². The van der Waals surface area contributed by atoms with Gasteiger partial charge in [-0.25, -0.2) is 0 Å². The number of nitrogens with zero attached hydrogens (tertiary/aromatic N) is 1. The van der Waals surface area contributed by atoms with Crippen LogP contribution in [-0.2, 0) is 9.59 Å². The van der Waals surface area contributed by atoms with E-state index in [4.69, 9.17) is 11.1 Å². The van der Waals surface area contributed by atoms with Crippen molar-refractivity contribution in [2.24, 2.45) is 5.73 Å². The number of guanidine groups is 1. The molecule has 0 aliphatic rings. The highest BCUT2D eigenvalue weighted by Gasteiger charge is 2.06. The predicted octanol–water partition coefficient (Wildman–Crippen LogP) is 4.11. The molecular formula is C30H50N6O2. The quantitative estimate of drug-likeness (QED) is 0.0629. The van der Waals surface area contributed by atoms with Gasteiger partial charge in [0.25, 0.3) is 0 Å². The van der Waals surface area contributed by atoms with Gasteiger partial charge in [-0.3, -0.25) is 15.0 Å². The van der Waals surface area contributed by atoms with Gasteiger partial charge in [0.2, 0.25) is 11.8 Å². The predicted molar refractivity (Wildman–Crippen MR) is 161 cm³/mol. The van der Waals surface area contributed by atoms with Gasteiger partial charge in [-0.15, -0.1) is 0 Å². The summed E-state index contributed by atoms with van der Waals surface area (Å²) in [4.78, 5) is 24.9. The third-order valence-electron chi connectivity index (χ3n) is 5.17. The van der Waals surface area contributed by atoms with Crippen molar-refractivity contribution in [3.05, 3.63) is 72.9 Å². The Morgan fingerprint density at radius 2 is 1.11 bits per heavy atom. The molecule has 0 fully saturated rings. The number of carbonyl (C=O) groups is 2. The Labute approximate surface area is 230 Å². The van der Waals surface area contributed by atoms with Crippen LogP contribution in [0.5, 0.6) is 0 Å². The van der Waals surface area contributed by atoms with Gasteiger partial charge in [-0.05, 0) is 44.9 Å². The van der Waals surface area contributed by atoms with Gasteiger partial charge in [-0.1, -0.05) is 79.8 Å². The summed E-state index contributed by atoms with van der Waals surface area (Å²) in [6.07, 6.45) is 33.1. The fourth-order valence-electron chi connectivity index (χ4n) is 3.00. The van der Waals surface area contributed by atoms with Gasteiger partial charge >= 0.3 is 0 Å². The molecule has 2 amide bonds. The standard InChI is InChI=1S/C30H50N6O2/c1-3-4-5-6-7-8-9-10-11-12-13-14-15-16-17-18-19-20-21-22-28(37)34-25-23-33-24-26-35-29(38)27-36(2)30(31)32/h4-5,7-8,10-11,13-14,16-17,19-20,33H,3,6,9,12,15,18,21-27H2,1-2H3,(H3,31,32)(H,34,37)(H,35,38). The lowest BCUT2D eigenvalue weighted by Crippen LogP contribution is -2.43. The minimum absolute atomic E-state index is 0.0342. The van der Waals surface area contributed by atoms with Gasteiger partial charge in [-0.2, -0.15) is 0 Å². The smallest absolute Gasteiger partial charge is 0.239 e. The molecule has 8 nitrogen and oxygen atoms in total. The number of carbonyl (C=O) groups excluding carboxylic acids is 2. The van der Waals surface area contributed by atoms with E-state index >= 15 is 0 Å². The van der Waals surface area contributed by atoms with Gasteiger partial charge in [0.1, 0.15) is 0 Å². The summed E-state index contributed by atoms with van der Waals surface area (Å²) in [5.74, 6) is -0.297. The first kappa shape index (κ1) is 34.6. The number of hydrogen-bond donors (Lipinski definition) is 5. The molecule has 0 heterocycles. The van der Waals surface area contributed by atoms with Crippen LogP contribution < -0.4 is 21.7 Å². The summed E-state index contributed by atoms with van der Waals surface area (Å²) >= 11 is 0. The van der Waals surface area contributed by atoms with Gasteiger partial charge < -0.3 is 26.6 Å². The maximum absolute atomic E-state index is 11.9. The minimum Gasteiger partial charge on any atom is -0.370 e. The summed E-state index contributed by atoms with van der Waals surface area (Å²) < 4.78 is 0. The molecule has 6 N–H and O–H groups in total. The van der Waals surface area contributed by atoms with E-state index in [-0.39, 0.29) is 24.3 Å². The van der Waals surface area contributed by atoms with Crippen molar-refractivity contribution in [1.82, 2.24) is 20.9 Å². The molecule has 212 valence electrons. The van der Waals surface area contributed by atoms with E-state index in [0.29, 0.717) is 32.6 Å².